The molecular weight excluding hydrogens is 518 g/mol. The largest absolute Gasteiger partial charge is 0.491 e. The maximum atomic E-state index is 16.3. The van der Waals surface area contributed by atoms with E-state index in [1.807, 2.05) is 26.0 Å². The van der Waals surface area contributed by atoms with Crippen molar-refractivity contribution in [2.45, 2.75) is 68.7 Å². The summed E-state index contributed by atoms with van der Waals surface area (Å²) in [6.07, 6.45) is 0.647. The normalized spacial score (nSPS) is 24.5. The molecule has 3 fully saturated rings. The Morgan fingerprint density at radius 1 is 1.10 bits per heavy atom. The monoisotopic (exact) mass is 549 g/mol. The first-order valence-corrected chi connectivity index (χ1v) is 12.8. The summed E-state index contributed by atoms with van der Waals surface area (Å²) in [5.74, 6) is -5.44. The number of aliphatic hydroxyl groups excluding tert-OH is 1. The van der Waals surface area contributed by atoms with Crippen molar-refractivity contribution in [1.82, 2.24) is 25.5 Å². The van der Waals surface area contributed by atoms with E-state index in [1.54, 1.807) is 12.1 Å². The van der Waals surface area contributed by atoms with Crippen LogP contribution in [0.2, 0.25) is 0 Å². The van der Waals surface area contributed by atoms with E-state index < -0.39 is 52.2 Å². The lowest BCUT2D eigenvalue weighted by molar-refractivity contribution is -0.347. The molecule has 210 valence electrons. The zero-order chi connectivity index (χ0) is 28.1. The molecule has 0 spiro atoms. The summed E-state index contributed by atoms with van der Waals surface area (Å²) in [4.78, 5) is 0. The minimum Gasteiger partial charge on any atom is -0.491 e. The fraction of sp³-hybridized carbons (Fsp3) is 0.519. The molecule has 3 N–H and O–H groups in total. The van der Waals surface area contributed by atoms with Crippen LogP contribution in [-0.2, 0) is 17.6 Å². The highest BCUT2D eigenvalue weighted by molar-refractivity contribution is 5.44. The molecule has 1 heterocycles. The van der Waals surface area contributed by atoms with E-state index in [9.17, 15) is 19.0 Å². The average molecular weight is 550 g/mol. The van der Waals surface area contributed by atoms with E-state index in [0.29, 0.717) is 18.4 Å². The summed E-state index contributed by atoms with van der Waals surface area (Å²) in [6.45, 7) is 3.66. The second kappa shape index (κ2) is 9.83. The number of halogens is 4. The topological polar surface area (TPSA) is 105 Å². The van der Waals surface area contributed by atoms with Crippen LogP contribution in [0.1, 0.15) is 44.2 Å². The third-order valence-electron chi connectivity index (χ3n) is 8.05. The maximum absolute atomic E-state index is 16.3. The van der Waals surface area contributed by atoms with Gasteiger partial charge in [0.05, 0.1) is 6.54 Å². The molecule has 6 rings (SSSR count). The molecular formula is C27H31F4N5O3. The Bertz CT molecular complexity index is 1290. The molecule has 2 atom stereocenters. The average Bonchev–Trinajstić information content (AvgIpc) is 3.33. The first-order valence-electron chi connectivity index (χ1n) is 12.8. The molecule has 2 bridgehead atoms. The van der Waals surface area contributed by atoms with Gasteiger partial charge in [0.1, 0.15) is 36.4 Å². The molecule has 0 amide bonds. The van der Waals surface area contributed by atoms with Gasteiger partial charge in [-0.25, -0.2) is 22.2 Å². The van der Waals surface area contributed by atoms with Crippen LogP contribution in [0.15, 0.2) is 48.8 Å². The Kier molecular flexibility index (Phi) is 6.92. The van der Waals surface area contributed by atoms with Gasteiger partial charge in [-0.2, -0.15) is 0 Å². The third-order valence-corrected chi connectivity index (χ3v) is 8.05. The van der Waals surface area contributed by atoms with Crippen molar-refractivity contribution in [3.05, 3.63) is 71.6 Å². The van der Waals surface area contributed by atoms with Crippen LogP contribution in [0, 0.1) is 17.0 Å². The predicted octanol–water partition coefficient (Wildman–Crippen LogP) is 3.33. The van der Waals surface area contributed by atoms with Crippen molar-refractivity contribution in [3.63, 3.8) is 0 Å². The molecule has 2 aromatic carbocycles. The van der Waals surface area contributed by atoms with Gasteiger partial charge in [0.25, 0.3) is 5.92 Å². The molecule has 3 saturated carbocycles. The van der Waals surface area contributed by atoms with Gasteiger partial charge in [0.2, 0.25) is 0 Å². The molecule has 39 heavy (non-hydrogen) atoms. The van der Waals surface area contributed by atoms with E-state index in [2.05, 4.69) is 20.8 Å². The molecule has 0 radical (unpaired) electrons. The second-order valence-electron chi connectivity index (χ2n) is 11.2. The number of hydrogen-bond donors (Lipinski definition) is 3. The fourth-order valence-corrected chi connectivity index (χ4v) is 6.06. The number of alkyl halides is 2. The Labute approximate surface area is 223 Å². The van der Waals surface area contributed by atoms with Gasteiger partial charge < -0.3 is 20.3 Å². The summed E-state index contributed by atoms with van der Waals surface area (Å²) in [6, 6.07) is 9.53. The van der Waals surface area contributed by atoms with E-state index >= 15 is 8.78 Å². The molecule has 0 saturated heterocycles. The van der Waals surface area contributed by atoms with E-state index in [-0.39, 0.29) is 31.9 Å². The van der Waals surface area contributed by atoms with Crippen LogP contribution >= 0.6 is 0 Å². The zero-order valence-electron chi connectivity index (χ0n) is 21.6. The van der Waals surface area contributed by atoms with Crippen molar-refractivity contribution in [1.29, 1.82) is 0 Å². The number of ether oxygens (including phenoxy) is 1. The highest BCUT2D eigenvalue weighted by Gasteiger charge is 2.82. The number of nitrogens with one attached hydrogen (secondary N) is 1. The molecule has 3 aliphatic rings. The molecule has 0 unspecified atom stereocenters. The number of rotatable bonds is 12. The molecule has 3 aliphatic carbocycles. The minimum absolute atomic E-state index is 0.0908. The van der Waals surface area contributed by atoms with Crippen molar-refractivity contribution >= 4 is 0 Å². The summed E-state index contributed by atoms with van der Waals surface area (Å²) in [7, 11) is 0. The Hall–Kier alpha value is -3.09. The van der Waals surface area contributed by atoms with Gasteiger partial charge in [-0.1, -0.05) is 26.0 Å². The van der Waals surface area contributed by atoms with Gasteiger partial charge >= 0.3 is 0 Å². The predicted molar refractivity (Wildman–Crippen MR) is 132 cm³/mol. The van der Waals surface area contributed by atoms with E-state index in [4.69, 9.17) is 4.74 Å². The van der Waals surface area contributed by atoms with Crippen molar-refractivity contribution in [2.24, 2.45) is 5.41 Å². The van der Waals surface area contributed by atoms with Gasteiger partial charge in [-0.05, 0) is 64.9 Å². The number of nitrogens with zero attached hydrogens (tertiary/aromatic N) is 4. The lowest BCUT2D eigenvalue weighted by Crippen LogP contribution is -2.76. The summed E-state index contributed by atoms with van der Waals surface area (Å²) in [5.41, 5.74) is -4.92. The first-order chi connectivity index (χ1) is 18.4. The van der Waals surface area contributed by atoms with Crippen LogP contribution in [-0.4, -0.2) is 61.6 Å². The maximum Gasteiger partial charge on any atom is 0.287 e. The Morgan fingerprint density at radius 3 is 2.38 bits per heavy atom. The number of aliphatic hydroxyl groups is 2. The molecule has 8 nitrogen and oxygen atoms in total. The lowest BCUT2D eigenvalue weighted by Gasteiger charge is -2.74. The first kappa shape index (κ1) is 27.5. The highest BCUT2D eigenvalue weighted by atomic mass is 19.3. The highest BCUT2D eigenvalue weighted by Crippen LogP contribution is 2.80. The summed E-state index contributed by atoms with van der Waals surface area (Å²) >= 11 is 0. The van der Waals surface area contributed by atoms with Crippen LogP contribution in [0.25, 0.3) is 0 Å². The smallest absolute Gasteiger partial charge is 0.287 e. The number of tetrazole rings is 1. The second-order valence-corrected chi connectivity index (χ2v) is 11.2. The fourth-order valence-electron chi connectivity index (χ4n) is 6.06. The summed E-state index contributed by atoms with van der Waals surface area (Å²) in [5, 5.41) is 35.0. The summed E-state index contributed by atoms with van der Waals surface area (Å²) < 4.78 is 67.5. The minimum atomic E-state index is -3.78. The molecule has 1 aromatic heterocycles. The SMILES string of the molecule is CC(C)NC[C@@H](O)COc1ccc(C23CC(C(F)(F)[C@](O)(Cn4cnnn4)c4ccc(F)cc4F)(C2)C3)cc1. The zero-order valence-corrected chi connectivity index (χ0v) is 21.6. The Morgan fingerprint density at radius 2 is 1.79 bits per heavy atom. The number of aromatic nitrogens is 4. The van der Waals surface area contributed by atoms with Crippen LogP contribution in [0.3, 0.4) is 0 Å². The molecule has 12 heteroatoms. The molecule has 3 aromatic rings. The quantitative estimate of drug-likeness (QED) is 0.298. The van der Waals surface area contributed by atoms with E-state index in [0.717, 1.165) is 28.7 Å². The van der Waals surface area contributed by atoms with Crippen molar-refractivity contribution in [2.75, 3.05) is 13.2 Å². The van der Waals surface area contributed by atoms with E-state index in [1.165, 1.54) is 0 Å². The number of hydrogen-bond acceptors (Lipinski definition) is 7. The van der Waals surface area contributed by atoms with Crippen LogP contribution in [0.5, 0.6) is 5.75 Å². The Balaban J connectivity index is 1.30. The number of benzene rings is 2. The van der Waals surface area contributed by atoms with Gasteiger partial charge in [-0.15, -0.1) is 5.10 Å². The standard InChI is InChI=1S/C27H31F4N5O3/c1-17(2)32-10-20(37)11-39-21-6-3-18(4-7-21)24-12-25(13-24,14-24)27(30,31)26(38,15-36-16-33-34-35-36)22-8-5-19(28)9-23(22)29/h3-9,16-17,20,32,37-38H,10-15H2,1-2H3/t20-,24?,25?,26+/m1/s1. The molecule has 0 aliphatic heterocycles. The van der Waals surface area contributed by atoms with Crippen molar-refractivity contribution in [3.8, 4) is 5.75 Å². The van der Waals surface area contributed by atoms with Gasteiger partial charge in [0.15, 0.2) is 5.60 Å². The van der Waals surface area contributed by atoms with Crippen LogP contribution in [0.4, 0.5) is 17.6 Å². The van der Waals surface area contributed by atoms with Gasteiger partial charge in [-0.3, -0.25) is 0 Å². The third kappa shape index (κ3) is 4.68. The lowest BCUT2D eigenvalue weighted by atomic mass is 9.30. The van der Waals surface area contributed by atoms with Gasteiger partial charge in [0, 0.05) is 29.6 Å². The van der Waals surface area contributed by atoms with Crippen LogP contribution < -0.4 is 10.1 Å². The van der Waals surface area contributed by atoms with Crippen molar-refractivity contribution < 1.29 is 32.5 Å².